The second-order valence-corrected chi connectivity index (χ2v) is 12.9. The van der Waals surface area contributed by atoms with Crippen molar-refractivity contribution in [3.8, 4) is 0 Å². The predicted octanol–water partition coefficient (Wildman–Crippen LogP) is 4.26. The van der Waals surface area contributed by atoms with Gasteiger partial charge in [-0.15, -0.1) is 11.8 Å². The Morgan fingerprint density at radius 3 is 2.32 bits per heavy atom. The number of aliphatic imine (C=N–C) groups is 1. The van der Waals surface area contributed by atoms with Crippen LogP contribution < -0.4 is 5.32 Å². The van der Waals surface area contributed by atoms with E-state index in [0.717, 1.165) is 22.3 Å². The average molecular weight is 337 g/mol. The fourth-order valence-electron chi connectivity index (χ4n) is 1.92. The lowest BCUT2D eigenvalue weighted by Gasteiger charge is -2.15. The van der Waals surface area contributed by atoms with Crippen LogP contribution in [0.5, 0.6) is 0 Å². The Kier molecular flexibility index (Phi) is 7.36. The highest BCUT2D eigenvalue weighted by atomic mass is 32.2. The maximum atomic E-state index is 11.5. The molecule has 0 heterocycles. The molecule has 0 aliphatic rings. The zero-order valence-corrected chi connectivity index (χ0v) is 16.4. The summed E-state index contributed by atoms with van der Waals surface area (Å²) in [5, 5.41) is 4.08. The molecule has 0 aliphatic carbocycles. The van der Waals surface area contributed by atoms with Crippen LogP contribution in [0, 0.1) is 0 Å². The summed E-state index contributed by atoms with van der Waals surface area (Å²) in [7, 11) is -1.17. The van der Waals surface area contributed by atoms with Crippen LogP contribution in [-0.2, 0) is 4.79 Å². The number of rotatable bonds is 6. The number of hydrogen-bond donors (Lipinski definition) is 1. The second kappa shape index (κ2) is 8.53. The van der Waals surface area contributed by atoms with E-state index in [4.69, 9.17) is 4.99 Å². The van der Waals surface area contributed by atoms with Gasteiger partial charge in [-0.25, -0.2) is 0 Å². The zero-order valence-electron chi connectivity index (χ0n) is 14.6. The van der Waals surface area contributed by atoms with Crippen molar-refractivity contribution in [1.29, 1.82) is 0 Å². The predicted molar refractivity (Wildman–Crippen MR) is 102 cm³/mol. The van der Waals surface area contributed by atoms with Gasteiger partial charge in [-0.05, 0) is 18.7 Å². The third-order valence-electron chi connectivity index (χ3n) is 3.25. The molecule has 0 saturated heterocycles. The molecule has 22 heavy (non-hydrogen) atoms. The molecule has 3 nitrogen and oxygen atoms in total. The topological polar surface area (TPSA) is 41.5 Å². The minimum Gasteiger partial charge on any atom is -0.350 e. The molecule has 0 aliphatic heterocycles. The van der Waals surface area contributed by atoms with Crippen LogP contribution in [0.1, 0.15) is 37.4 Å². The molecule has 1 atom stereocenters. The molecule has 5 heteroatoms. The van der Waals surface area contributed by atoms with Gasteiger partial charge < -0.3 is 5.32 Å². The van der Waals surface area contributed by atoms with Crippen molar-refractivity contribution in [2.24, 2.45) is 4.99 Å². The highest BCUT2D eigenvalue weighted by molar-refractivity contribution is 8.13. The van der Waals surface area contributed by atoms with Crippen molar-refractivity contribution in [1.82, 2.24) is 5.32 Å². The molecule has 0 saturated carbocycles. The van der Waals surface area contributed by atoms with Crippen LogP contribution in [0.3, 0.4) is 0 Å². The molecule has 1 aromatic rings. The lowest BCUT2D eigenvalue weighted by Crippen LogP contribution is -2.26. The van der Waals surface area contributed by atoms with E-state index in [1.54, 1.807) is 11.8 Å². The van der Waals surface area contributed by atoms with E-state index in [1.165, 1.54) is 0 Å². The quantitative estimate of drug-likeness (QED) is 0.479. The number of nitrogens with one attached hydrogen (secondary N) is 1. The Balaban J connectivity index is 2.84. The second-order valence-electron chi connectivity index (χ2n) is 6.65. The minimum atomic E-state index is -1.17. The monoisotopic (exact) mass is 336 g/mol. The van der Waals surface area contributed by atoms with Gasteiger partial charge in [0.25, 0.3) is 0 Å². The Morgan fingerprint density at radius 1 is 1.27 bits per heavy atom. The van der Waals surface area contributed by atoms with Gasteiger partial charge in [0.1, 0.15) is 0 Å². The van der Waals surface area contributed by atoms with Crippen LogP contribution in [0.4, 0.5) is 0 Å². The standard InChI is InChI=1S/C17H28N2OSSi/c1-7-16(20)19-13(2)14-8-10-15(11-9-14)17(21-3)18-12-22(4,5)6/h8-11,13H,7,12H2,1-6H3,(H,19,20)/b18-17-. The van der Waals surface area contributed by atoms with E-state index in [-0.39, 0.29) is 11.9 Å². The molecule has 122 valence electrons. The summed E-state index contributed by atoms with van der Waals surface area (Å²) in [6.45, 7) is 10.9. The zero-order chi connectivity index (χ0) is 16.8. The van der Waals surface area contributed by atoms with Crippen molar-refractivity contribution >= 4 is 30.8 Å². The van der Waals surface area contributed by atoms with Crippen LogP contribution in [0.25, 0.3) is 0 Å². The van der Waals surface area contributed by atoms with Crippen LogP contribution in [0.2, 0.25) is 19.6 Å². The summed E-state index contributed by atoms with van der Waals surface area (Å²) in [5.74, 6) is 0.0816. The molecular weight excluding hydrogens is 308 g/mol. The third-order valence-corrected chi connectivity index (χ3v) is 5.10. The number of benzene rings is 1. The van der Waals surface area contributed by atoms with Gasteiger partial charge in [0.2, 0.25) is 5.91 Å². The maximum absolute atomic E-state index is 11.5. The van der Waals surface area contributed by atoms with Gasteiger partial charge in [0.15, 0.2) is 0 Å². The van der Waals surface area contributed by atoms with Gasteiger partial charge in [-0.1, -0.05) is 50.8 Å². The van der Waals surface area contributed by atoms with E-state index in [0.29, 0.717) is 6.42 Å². The lowest BCUT2D eigenvalue weighted by atomic mass is 10.1. The first-order valence-corrected chi connectivity index (χ1v) is 12.7. The first kappa shape index (κ1) is 19.0. The lowest BCUT2D eigenvalue weighted by molar-refractivity contribution is -0.121. The van der Waals surface area contributed by atoms with Gasteiger partial charge in [-0.2, -0.15) is 0 Å². The van der Waals surface area contributed by atoms with Crippen molar-refractivity contribution < 1.29 is 4.79 Å². The molecule has 1 rings (SSSR count). The summed E-state index contributed by atoms with van der Waals surface area (Å²) in [4.78, 5) is 16.3. The largest absolute Gasteiger partial charge is 0.350 e. The maximum Gasteiger partial charge on any atom is 0.220 e. The summed E-state index contributed by atoms with van der Waals surface area (Å²) < 4.78 is 0. The first-order valence-electron chi connectivity index (χ1n) is 7.75. The summed E-state index contributed by atoms with van der Waals surface area (Å²) in [6.07, 6.45) is 3.54. The molecule has 1 unspecified atom stereocenters. The van der Waals surface area contributed by atoms with Gasteiger partial charge in [0.05, 0.1) is 19.2 Å². The van der Waals surface area contributed by atoms with Gasteiger partial charge in [-0.3, -0.25) is 9.79 Å². The summed E-state index contributed by atoms with van der Waals surface area (Å²) in [6, 6.07) is 8.40. The number of carbonyl (C=O) groups excluding carboxylic acids is 1. The fourth-order valence-corrected chi connectivity index (χ4v) is 3.24. The number of thioether (sulfide) groups is 1. The van der Waals surface area contributed by atoms with Crippen molar-refractivity contribution in [3.05, 3.63) is 35.4 Å². The smallest absolute Gasteiger partial charge is 0.220 e. The number of amides is 1. The van der Waals surface area contributed by atoms with Crippen LogP contribution >= 0.6 is 11.8 Å². The van der Waals surface area contributed by atoms with E-state index in [1.807, 2.05) is 13.8 Å². The Labute approximate surface area is 140 Å². The third kappa shape index (κ3) is 6.36. The van der Waals surface area contributed by atoms with Gasteiger partial charge >= 0.3 is 0 Å². The van der Waals surface area contributed by atoms with Crippen molar-refractivity contribution in [2.75, 3.05) is 12.4 Å². The fraction of sp³-hybridized carbons (Fsp3) is 0.529. The van der Waals surface area contributed by atoms with Crippen LogP contribution in [0.15, 0.2) is 29.3 Å². The SMILES string of the molecule is CCC(=O)NC(C)c1ccc(/C(=N/C[Si](C)(C)C)SC)cc1. The first-order chi connectivity index (χ1) is 10.3. The Morgan fingerprint density at radius 2 is 1.86 bits per heavy atom. The Bertz CT molecular complexity index is 520. The van der Waals surface area contributed by atoms with E-state index >= 15 is 0 Å². The molecule has 0 spiro atoms. The summed E-state index contributed by atoms with van der Waals surface area (Å²) >= 11 is 1.69. The van der Waals surface area contributed by atoms with E-state index in [9.17, 15) is 4.79 Å². The molecular formula is C17H28N2OSSi. The number of hydrogen-bond acceptors (Lipinski definition) is 3. The van der Waals surface area contributed by atoms with Crippen molar-refractivity contribution in [2.45, 2.75) is 46.0 Å². The van der Waals surface area contributed by atoms with E-state index < -0.39 is 8.07 Å². The highest BCUT2D eigenvalue weighted by Crippen LogP contribution is 2.17. The Hall–Kier alpha value is -1.07. The average Bonchev–Trinajstić information content (AvgIpc) is 2.47. The molecule has 0 fully saturated rings. The molecule has 0 aromatic heterocycles. The number of carbonyl (C=O) groups is 1. The van der Waals surface area contributed by atoms with E-state index in [2.05, 4.69) is 55.5 Å². The molecule has 1 N–H and O–H groups in total. The van der Waals surface area contributed by atoms with Gasteiger partial charge in [0, 0.05) is 18.2 Å². The van der Waals surface area contributed by atoms with Crippen molar-refractivity contribution in [3.63, 3.8) is 0 Å². The summed E-state index contributed by atoms with van der Waals surface area (Å²) in [5.41, 5.74) is 2.28. The molecule has 1 aromatic carbocycles. The normalized spacial score (nSPS) is 13.8. The molecule has 0 radical (unpaired) electrons. The molecule has 0 bridgehead atoms. The van der Waals surface area contributed by atoms with Crippen LogP contribution in [-0.4, -0.2) is 31.4 Å². The molecule has 1 amide bonds. The minimum absolute atomic E-state index is 0.0400. The number of nitrogens with zero attached hydrogens (tertiary/aromatic N) is 1. The highest BCUT2D eigenvalue weighted by Gasteiger charge is 2.13.